The van der Waals surface area contributed by atoms with Crippen LogP contribution in [-0.4, -0.2) is 99.5 Å². The van der Waals surface area contributed by atoms with Crippen molar-refractivity contribution in [3.8, 4) is 0 Å². The normalized spacial score (nSPS) is 47.4. The fourth-order valence-corrected chi connectivity index (χ4v) is 2.27. The zero-order valence-electron chi connectivity index (χ0n) is 10.6. The summed E-state index contributed by atoms with van der Waals surface area (Å²) in [7, 11) is 0. The lowest BCUT2D eigenvalue weighted by Crippen LogP contribution is -2.61. The third-order valence-electron chi connectivity index (χ3n) is 3.48. The average Bonchev–Trinajstić information content (AvgIpc) is 2.43. The standard InChI is InChI=1S/C11H20O9/c12-1-6-7(15)8(16)9(17)11(19-6)20-10-4(13)2-18-3-5(10)14/h4-17H,1-3H2/t4-,5-,6+,7+,8-,9+,11-/m0/s1. The first-order valence-corrected chi connectivity index (χ1v) is 6.35. The lowest BCUT2D eigenvalue weighted by atomic mass is 9.99. The summed E-state index contributed by atoms with van der Waals surface area (Å²) in [6, 6.07) is 0. The summed E-state index contributed by atoms with van der Waals surface area (Å²) in [6.07, 6.45) is -10.4. The second kappa shape index (κ2) is 6.60. The summed E-state index contributed by atoms with van der Waals surface area (Å²) in [5.41, 5.74) is 0. The van der Waals surface area contributed by atoms with Crippen LogP contribution in [0.25, 0.3) is 0 Å². The molecule has 20 heavy (non-hydrogen) atoms. The summed E-state index contributed by atoms with van der Waals surface area (Å²) in [6.45, 7) is -0.665. The van der Waals surface area contributed by atoms with Gasteiger partial charge < -0.3 is 44.8 Å². The highest BCUT2D eigenvalue weighted by atomic mass is 16.7. The molecule has 0 aromatic rings. The number of aliphatic hydroxyl groups excluding tert-OH is 6. The van der Waals surface area contributed by atoms with Crippen molar-refractivity contribution in [2.75, 3.05) is 19.8 Å². The zero-order chi connectivity index (χ0) is 14.9. The number of aliphatic hydroxyl groups is 6. The van der Waals surface area contributed by atoms with Gasteiger partial charge >= 0.3 is 0 Å². The summed E-state index contributed by atoms with van der Waals surface area (Å²) >= 11 is 0. The molecule has 9 nitrogen and oxygen atoms in total. The topological polar surface area (TPSA) is 149 Å². The average molecular weight is 296 g/mol. The first kappa shape index (κ1) is 16.0. The van der Waals surface area contributed by atoms with Gasteiger partial charge in [-0.1, -0.05) is 0 Å². The van der Waals surface area contributed by atoms with Crippen LogP contribution in [-0.2, 0) is 14.2 Å². The van der Waals surface area contributed by atoms with E-state index < -0.39 is 55.6 Å². The van der Waals surface area contributed by atoms with Crippen molar-refractivity contribution in [2.45, 2.75) is 49.0 Å². The molecule has 2 heterocycles. The van der Waals surface area contributed by atoms with Crippen LogP contribution in [0.2, 0.25) is 0 Å². The van der Waals surface area contributed by atoms with Crippen molar-refractivity contribution < 1.29 is 44.8 Å². The van der Waals surface area contributed by atoms with Crippen molar-refractivity contribution >= 4 is 0 Å². The van der Waals surface area contributed by atoms with E-state index in [1.54, 1.807) is 0 Å². The number of hydrogen-bond acceptors (Lipinski definition) is 9. The minimum atomic E-state index is -1.57. The molecule has 9 heteroatoms. The predicted octanol–water partition coefficient (Wildman–Crippen LogP) is -4.08. The zero-order valence-corrected chi connectivity index (χ0v) is 10.6. The second-order valence-corrected chi connectivity index (χ2v) is 4.97. The minimum Gasteiger partial charge on any atom is -0.394 e. The molecule has 2 rings (SSSR count). The molecule has 0 aliphatic carbocycles. The maximum absolute atomic E-state index is 9.79. The van der Waals surface area contributed by atoms with Crippen LogP contribution in [0.15, 0.2) is 0 Å². The van der Waals surface area contributed by atoms with Crippen molar-refractivity contribution in [3.05, 3.63) is 0 Å². The van der Waals surface area contributed by atoms with E-state index in [9.17, 15) is 25.5 Å². The Morgan fingerprint density at radius 3 is 2.05 bits per heavy atom. The van der Waals surface area contributed by atoms with E-state index in [4.69, 9.17) is 19.3 Å². The number of rotatable bonds is 3. The molecule has 0 aromatic carbocycles. The quantitative estimate of drug-likeness (QED) is 0.306. The molecule has 0 saturated carbocycles. The first-order valence-electron chi connectivity index (χ1n) is 6.35. The van der Waals surface area contributed by atoms with Gasteiger partial charge in [0.2, 0.25) is 0 Å². The Morgan fingerprint density at radius 1 is 0.900 bits per heavy atom. The fourth-order valence-electron chi connectivity index (χ4n) is 2.27. The van der Waals surface area contributed by atoms with Crippen LogP contribution in [0, 0.1) is 0 Å². The van der Waals surface area contributed by atoms with Gasteiger partial charge in [-0.05, 0) is 0 Å². The Kier molecular flexibility index (Phi) is 5.29. The molecular formula is C11H20O9. The van der Waals surface area contributed by atoms with Gasteiger partial charge in [-0.25, -0.2) is 0 Å². The molecule has 0 amide bonds. The van der Waals surface area contributed by atoms with E-state index in [0.29, 0.717) is 0 Å². The summed E-state index contributed by atoms with van der Waals surface area (Å²) in [5.74, 6) is 0. The van der Waals surface area contributed by atoms with Crippen LogP contribution >= 0.6 is 0 Å². The van der Waals surface area contributed by atoms with Gasteiger partial charge in [-0.2, -0.15) is 0 Å². The molecule has 0 unspecified atom stereocenters. The van der Waals surface area contributed by atoms with Gasteiger partial charge in [0.15, 0.2) is 6.29 Å². The molecule has 2 aliphatic heterocycles. The molecule has 2 fully saturated rings. The van der Waals surface area contributed by atoms with Gasteiger partial charge in [0, 0.05) is 0 Å². The molecule has 118 valence electrons. The van der Waals surface area contributed by atoms with Gasteiger partial charge in [0.1, 0.15) is 42.7 Å². The Bertz CT molecular complexity index is 302. The summed E-state index contributed by atoms with van der Waals surface area (Å²) < 4.78 is 15.3. The van der Waals surface area contributed by atoms with E-state index in [1.165, 1.54) is 0 Å². The highest BCUT2D eigenvalue weighted by molar-refractivity contribution is 4.90. The van der Waals surface area contributed by atoms with Crippen molar-refractivity contribution in [1.29, 1.82) is 0 Å². The Labute approximate surface area is 114 Å². The van der Waals surface area contributed by atoms with Crippen molar-refractivity contribution in [1.82, 2.24) is 0 Å². The molecule has 0 bridgehead atoms. The third-order valence-corrected chi connectivity index (χ3v) is 3.48. The SMILES string of the molecule is OC[C@H]1O[C@@H](OC2[C@@H](O)COC[C@@H]2O)[C@H](O)[C@@H](O)[C@@H]1O. The van der Waals surface area contributed by atoms with E-state index in [2.05, 4.69) is 0 Å². The monoisotopic (exact) mass is 296 g/mol. The highest BCUT2D eigenvalue weighted by Crippen LogP contribution is 2.25. The van der Waals surface area contributed by atoms with E-state index in [0.717, 1.165) is 0 Å². The molecule has 2 saturated heterocycles. The predicted molar refractivity (Wildman–Crippen MR) is 61.5 cm³/mol. The Hall–Kier alpha value is -0.360. The van der Waals surface area contributed by atoms with Crippen molar-refractivity contribution in [2.24, 2.45) is 0 Å². The molecule has 0 spiro atoms. The van der Waals surface area contributed by atoms with Crippen LogP contribution in [0.5, 0.6) is 0 Å². The van der Waals surface area contributed by atoms with Gasteiger partial charge in [0.05, 0.1) is 19.8 Å². The molecule has 2 aliphatic rings. The molecule has 0 aromatic heterocycles. The third kappa shape index (κ3) is 3.11. The van der Waals surface area contributed by atoms with Crippen LogP contribution in [0.3, 0.4) is 0 Å². The minimum absolute atomic E-state index is 0.0425. The van der Waals surface area contributed by atoms with Gasteiger partial charge in [-0.15, -0.1) is 0 Å². The molecule has 7 atom stereocenters. The lowest BCUT2D eigenvalue weighted by Gasteiger charge is -2.42. The van der Waals surface area contributed by atoms with Gasteiger partial charge in [0.25, 0.3) is 0 Å². The first-order chi connectivity index (χ1) is 9.45. The van der Waals surface area contributed by atoms with E-state index in [-0.39, 0.29) is 13.2 Å². The fraction of sp³-hybridized carbons (Fsp3) is 1.00. The lowest BCUT2D eigenvalue weighted by molar-refractivity contribution is -0.330. The number of ether oxygens (including phenoxy) is 3. The summed E-state index contributed by atoms with van der Waals surface area (Å²) in [5, 5.41) is 57.4. The van der Waals surface area contributed by atoms with Crippen LogP contribution in [0.1, 0.15) is 0 Å². The summed E-state index contributed by atoms with van der Waals surface area (Å²) in [4.78, 5) is 0. The second-order valence-electron chi connectivity index (χ2n) is 4.97. The molecule has 0 radical (unpaired) electrons. The largest absolute Gasteiger partial charge is 0.394 e. The maximum Gasteiger partial charge on any atom is 0.187 e. The van der Waals surface area contributed by atoms with Crippen LogP contribution < -0.4 is 0 Å². The molecule has 6 N–H and O–H groups in total. The van der Waals surface area contributed by atoms with Crippen molar-refractivity contribution in [3.63, 3.8) is 0 Å². The Balaban J connectivity index is 2.03. The van der Waals surface area contributed by atoms with Crippen LogP contribution in [0.4, 0.5) is 0 Å². The van der Waals surface area contributed by atoms with Gasteiger partial charge in [-0.3, -0.25) is 0 Å². The van der Waals surface area contributed by atoms with E-state index in [1.807, 2.05) is 0 Å². The number of hydrogen-bond donors (Lipinski definition) is 6. The maximum atomic E-state index is 9.79. The van der Waals surface area contributed by atoms with E-state index >= 15 is 0 Å². The highest BCUT2D eigenvalue weighted by Gasteiger charge is 2.46. The smallest absolute Gasteiger partial charge is 0.187 e. The Morgan fingerprint density at radius 2 is 1.50 bits per heavy atom. The molecular weight excluding hydrogens is 276 g/mol.